The normalized spacial score (nSPS) is 18.6. The Hall–Kier alpha value is -2.08. The van der Waals surface area contributed by atoms with Gasteiger partial charge in [-0.05, 0) is 37.0 Å². The fourth-order valence-electron chi connectivity index (χ4n) is 4.36. The third-order valence-corrected chi connectivity index (χ3v) is 6.00. The fraction of sp³-hybridized carbons (Fsp3) is 0.591. The number of fused-ring (bicyclic) bond motifs is 1. The predicted molar refractivity (Wildman–Crippen MR) is 135 cm³/mol. The highest BCUT2D eigenvalue weighted by atomic mass is 127. The number of nitrogens with zero attached hydrogens (tertiary/aromatic N) is 5. The van der Waals surface area contributed by atoms with Crippen molar-refractivity contribution in [1.29, 1.82) is 0 Å². The van der Waals surface area contributed by atoms with Crippen LogP contribution in [0.15, 0.2) is 23.2 Å². The number of hydrogen-bond acceptors (Lipinski definition) is 6. The first-order chi connectivity index (χ1) is 15.2. The Bertz CT molecular complexity index is 895. The van der Waals surface area contributed by atoms with Crippen molar-refractivity contribution in [3.05, 3.63) is 35.4 Å². The monoisotopic (exact) mass is 555 g/mol. The molecule has 0 saturated carbocycles. The number of halogens is 1. The lowest BCUT2D eigenvalue weighted by Gasteiger charge is -2.20. The van der Waals surface area contributed by atoms with Crippen molar-refractivity contribution in [2.45, 2.75) is 51.4 Å². The molecule has 10 heteroatoms. The molecule has 2 aromatic rings. The first-order valence-electron chi connectivity index (χ1n) is 11.0. The van der Waals surface area contributed by atoms with Gasteiger partial charge >= 0.3 is 0 Å². The van der Waals surface area contributed by atoms with Crippen LogP contribution < -0.4 is 20.1 Å². The minimum Gasteiger partial charge on any atom is -0.497 e. The van der Waals surface area contributed by atoms with E-state index in [9.17, 15) is 0 Å². The number of aromatic nitrogens is 3. The van der Waals surface area contributed by atoms with Crippen LogP contribution in [0, 0.1) is 0 Å². The molecule has 0 amide bonds. The lowest BCUT2D eigenvalue weighted by Crippen LogP contribution is -2.44. The Morgan fingerprint density at radius 1 is 1.12 bits per heavy atom. The number of methoxy groups -OCH3 is 2. The zero-order valence-corrected chi connectivity index (χ0v) is 21.5. The first kappa shape index (κ1) is 24.6. The molecule has 32 heavy (non-hydrogen) atoms. The van der Waals surface area contributed by atoms with Crippen LogP contribution in [0.25, 0.3) is 0 Å². The number of aliphatic imine (C=N–C) groups is 1. The summed E-state index contributed by atoms with van der Waals surface area (Å²) in [6.45, 7) is 4.50. The number of likely N-dealkylation sites (tertiary alicyclic amines) is 1. The third kappa shape index (κ3) is 6.03. The van der Waals surface area contributed by atoms with Gasteiger partial charge in [-0.3, -0.25) is 9.89 Å². The number of nitrogens with one attached hydrogen (secondary N) is 2. The van der Waals surface area contributed by atoms with E-state index in [2.05, 4.69) is 47.4 Å². The minimum atomic E-state index is 0. The predicted octanol–water partition coefficient (Wildman–Crippen LogP) is 2.19. The van der Waals surface area contributed by atoms with E-state index in [0.717, 1.165) is 68.1 Å². The van der Waals surface area contributed by atoms with Crippen molar-refractivity contribution in [3.8, 4) is 11.5 Å². The molecule has 2 aliphatic heterocycles. The molecule has 0 spiro atoms. The van der Waals surface area contributed by atoms with Crippen molar-refractivity contribution in [2.24, 2.45) is 4.99 Å². The largest absolute Gasteiger partial charge is 0.497 e. The van der Waals surface area contributed by atoms with Crippen LogP contribution in [0.3, 0.4) is 0 Å². The zero-order chi connectivity index (χ0) is 21.6. The van der Waals surface area contributed by atoms with E-state index in [1.165, 1.54) is 18.4 Å². The summed E-state index contributed by atoms with van der Waals surface area (Å²) in [5.41, 5.74) is 1.19. The van der Waals surface area contributed by atoms with Crippen LogP contribution in [0.1, 0.15) is 36.5 Å². The van der Waals surface area contributed by atoms with E-state index in [0.29, 0.717) is 12.6 Å². The molecule has 2 N–H and O–H groups in total. The molecule has 176 valence electrons. The summed E-state index contributed by atoms with van der Waals surface area (Å²) in [7, 11) is 5.18. The Morgan fingerprint density at radius 2 is 1.91 bits per heavy atom. The van der Waals surface area contributed by atoms with E-state index in [4.69, 9.17) is 9.47 Å². The van der Waals surface area contributed by atoms with Crippen molar-refractivity contribution in [2.75, 3.05) is 34.4 Å². The van der Waals surface area contributed by atoms with Crippen LogP contribution in [-0.4, -0.2) is 66.0 Å². The molecule has 1 aromatic carbocycles. The lowest BCUT2D eigenvalue weighted by atomic mass is 10.2. The van der Waals surface area contributed by atoms with Crippen LogP contribution in [-0.2, 0) is 26.1 Å². The van der Waals surface area contributed by atoms with Crippen LogP contribution >= 0.6 is 24.0 Å². The molecule has 1 aromatic heterocycles. The van der Waals surface area contributed by atoms with E-state index < -0.39 is 0 Å². The lowest BCUT2D eigenvalue weighted by molar-refractivity contribution is 0.321. The summed E-state index contributed by atoms with van der Waals surface area (Å²) in [5.74, 6) is 4.54. The quantitative estimate of drug-likeness (QED) is 0.308. The fourth-order valence-corrected chi connectivity index (χ4v) is 4.36. The molecular formula is C22H34IN7O2. The van der Waals surface area contributed by atoms with Gasteiger partial charge in [0.05, 0.1) is 20.8 Å². The van der Waals surface area contributed by atoms with E-state index >= 15 is 0 Å². The van der Waals surface area contributed by atoms with Crippen molar-refractivity contribution in [3.63, 3.8) is 0 Å². The van der Waals surface area contributed by atoms with Gasteiger partial charge in [-0.15, -0.1) is 34.2 Å². The van der Waals surface area contributed by atoms with Crippen molar-refractivity contribution >= 4 is 29.9 Å². The second-order valence-electron chi connectivity index (χ2n) is 8.15. The molecule has 0 aliphatic carbocycles. The SMILES string of the molecule is CN=C(NCc1nnc2n1CCCC2)NC1CCN(Cc2cc(OC)cc(OC)c2)C1.I. The summed E-state index contributed by atoms with van der Waals surface area (Å²) in [6.07, 6.45) is 4.50. The van der Waals surface area contributed by atoms with Gasteiger partial charge in [0.1, 0.15) is 17.3 Å². The van der Waals surface area contributed by atoms with Gasteiger partial charge in [-0.25, -0.2) is 0 Å². The average Bonchev–Trinajstić information content (AvgIpc) is 3.42. The molecule has 1 fully saturated rings. The maximum Gasteiger partial charge on any atom is 0.191 e. The number of rotatable bonds is 7. The molecule has 1 unspecified atom stereocenters. The summed E-state index contributed by atoms with van der Waals surface area (Å²) in [4.78, 5) is 6.84. The van der Waals surface area contributed by atoms with Gasteiger partial charge in [0.15, 0.2) is 11.8 Å². The molecule has 2 aliphatic rings. The maximum absolute atomic E-state index is 5.40. The highest BCUT2D eigenvalue weighted by Gasteiger charge is 2.24. The standard InChI is InChI=1S/C22H33N7O2.HI/c1-23-22(24-13-21-27-26-20-6-4-5-8-29(20)21)25-17-7-9-28(15-17)14-16-10-18(30-2)12-19(11-16)31-3;/h10-12,17H,4-9,13-15H2,1-3H3,(H2,23,24,25);1H. The Balaban J connectivity index is 0.00000289. The van der Waals surface area contributed by atoms with Crippen molar-refractivity contribution in [1.82, 2.24) is 30.3 Å². The van der Waals surface area contributed by atoms with E-state index in [1.54, 1.807) is 14.2 Å². The zero-order valence-electron chi connectivity index (χ0n) is 19.1. The molecule has 4 rings (SSSR count). The third-order valence-electron chi connectivity index (χ3n) is 6.00. The smallest absolute Gasteiger partial charge is 0.191 e. The molecule has 0 radical (unpaired) electrons. The Labute approximate surface area is 207 Å². The topological polar surface area (TPSA) is 88.8 Å². The van der Waals surface area contributed by atoms with Gasteiger partial charge in [0, 0.05) is 51.8 Å². The van der Waals surface area contributed by atoms with Crippen molar-refractivity contribution < 1.29 is 9.47 Å². The van der Waals surface area contributed by atoms with Gasteiger partial charge in [-0.1, -0.05) is 0 Å². The van der Waals surface area contributed by atoms with E-state index in [-0.39, 0.29) is 24.0 Å². The number of benzene rings is 1. The molecule has 3 heterocycles. The number of hydrogen-bond donors (Lipinski definition) is 2. The molecule has 1 atom stereocenters. The van der Waals surface area contributed by atoms with Crippen LogP contribution in [0.4, 0.5) is 0 Å². The average molecular weight is 555 g/mol. The first-order valence-corrected chi connectivity index (χ1v) is 11.0. The van der Waals surface area contributed by atoms with Crippen LogP contribution in [0.2, 0.25) is 0 Å². The Kier molecular flexibility index (Phi) is 8.97. The number of aryl methyl sites for hydroxylation is 1. The molecule has 1 saturated heterocycles. The summed E-state index contributed by atoms with van der Waals surface area (Å²) < 4.78 is 13.0. The Morgan fingerprint density at radius 3 is 2.62 bits per heavy atom. The highest BCUT2D eigenvalue weighted by Crippen LogP contribution is 2.24. The molecular weight excluding hydrogens is 521 g/mol. The molecule has 9 nitrogen and oxygen atoms in total. The van der Waals surface area contributed by atoms with Gasteiger partial charge < -0.3 is 24.7 Å². The second kappa shape index (κ2) is 11.7. The molecule has 0 bridgehead atoms. The highest BCUT2D eigenvalue weighted by molar-refractivity contribution is 14.0. The van der Waals surface area contributed by atoms with Crippen LogP contribution in [0.5, 0.6) is 11.5 Å². The van der Waals surface area contributed by atoms with Gasteiger partial charge in [-0.2, -0.15) is 0 Å². The summed E-state index contributed by atoms with van der Waals surface area (Å²) >= 11 is 0. The minimum absolute atomic E-state index is 0. The van der Waals surface area contributed by atoms with Gasteiger partial charge in [0.2, 0.25) is 0 Å². The second-order valence-corrected chi connectivity index (χ2v) is 8.15. The van der Waals surface area contributed by atoms with E-state index in [1.807, 2.05) is 13.1 Å². The van der Waals surface area contributed by atoms with Gasteiger partial charge in [0.25, 0.3) is 0 Å². The number of ether oxygens (including phenoxy) is 2. The number of guanidine groups is 1. The summed E-state index contributed by atoms with van der Waals surface area (Å²) in [6, 6.07) is 6.40. The summed E-state index contributed by atoms with van der Waals surface area (Å²) in [5, 5.41) is 15.7. The maximum atomic E-state index is 5.40.